The molecule has 2 heterocycles. The first kappa shape index (κ1) is 12.1. The highest BCUT2D eigenvalue weighted by Crippen LogP contribution is 2.34. The standard InChI is InChI=1S/C13H12F2N2O2/c14-13(15)19-10-3-1-2-7-11(16)8-6-18-5-4-9(8)17-12(7)10/h1-3,13H,4-6H2,(H2,16,17). The molecule has 4 nitrogen and oxygen atoms in total. The van der Waals surface area contributed by atoms with Crippen LogP contribution in [0.5, 0.6) is 5.75 Å². The topological polar surface area (TPSA) is 57.4 Å². The van der Waals surface area contributed by atoms with Crippen molar-refractivity contribution in [1.29, 1.82) is 0 Å². The minimum Gasteiger partial charge on any atom is -0.432 e. The van der Waals surface area contributed by atoms with Crippen LogP contribution in [0.1, 0.15) is 11.3 Å². The molecule has 2 N–H and O–H groups in total. The number of rotatable bonds is 2. The van der Waals surface area contributed by atoms with Crippen LogP contribution in [0.15, 0.2) is 18.2 Å². The Morgan fingerprint density at radius 3 is 3.00 bits per heavy atom. The lowest BCUT2D eigenvalue weighted by atomic mass is 10.0. The second-order valence-corrected chi connectivity index (χ2v) is 4.28. The molecule has 0 unspecified atom stereocenters. The smallest absolute Gasteiger partial charge is 0.387 e. The fraction of sp³-hybridized carbons (Fsp3) is 0.308. The number of halogens is 2. The maximum Gasteiger partial charge on any atom is 0.387 e. The van der Waals surface area contributed by atoms with E-state index >= 15 is 0 Å². The molecule has 0 amide bonds. The Bertz CT molecular complexity index is 632. The molecule has 0 saturated carbocycles. The highest BCUT2D eigenvalue weighted by atomic mass is 19.3. The number of fused-ring (bicyclic) bond motifs is 2. The second-order valence-electron chi connectivity index (χ2n) is 4.28. The van der Waals surface area contributed by atoms with E-state index in [1.165, 1.54) is 6.07 Å². The van der Waals surface area contributed by atoms with Crippen molar-refractivity contribution < 1.29 is 18.3 Å². The van der Waals surface area contributed by atoms with Gasteiger partial charge in [-0.15, -0.1) is 0 Å². The number of nitrogen functional groups attached to an aromatic ring is 1. The van der Waals surface area contributed by atoms with Gasteiger partial charge in [0.1, 0.15) is 5.52 Å². The molecule has 0 radical (unpaired) electrons. The number of hydrogen-bond acceptors (Lipinski definition) is 4. The quantitative estimate of drug-likeness (QED) is 0.907. The predicted octanol–water partition coefficient (Wildman–Crippen LogP) is 2.49. The van der Waals surface area contributed by atoms with E-state index in [0.29, 0.717) is 36.2 Å². The van der Waals surface area contributed by atoms with Crippen molar-refractivity contribution >= 4 is 16.6 Å². The maximum absolute atomic E-state index is 12.4. The highest BCUT2D eigenvalue weighted by molar-refractivity contribution is 5.95. The lowest BCUT2D eigenvalue weighted by Gasteiger charge is -2.19. The van der Waals surface area contributed by atoms with Crippen molar-refractivity contribution in [3.05, 3.63) is 29.5 Å². The molecule has 2 aromatic rings. The lowest BCUT2D eigenvalue weighted by Crippen LogP contribution is -2.15. The van der Waals surface area contributed by atoms with Gasteiger partial charge in [-0.2, -0.15) is 8.78 Å². The van der Waals surface area contributed by atoms with Crippen LogP contribution in [-0.2, 0) is 17.8 Å². The van der Waals surface area contributed by atoms with Gasteiger partial charge in [0, 0.05) is 23.1 Å². The molecule has 0 saturated heterocycles. The molecule has 1 aromatic carbocycles. The van der Waals surface area contributed by atoms with Crippen molar-refractivity contribution in [2.75, 3.05) is 12.3 Å². The van der Waals surface area contributed by atoms with Gasteiger partial charge >= 0.3 is 6.61 Å². The Morgan fingerprint density at radius 2 is 2.21 bits per heavy atom. The third kappa shape index (κ3) is 2.08. The average Bonchev–Trinajstić information content (AvgIpc) is 2.40. The van der Waals surface area contributed by atoms with E-state index in [1.807, 2.05) is 0 Å². The number of nitrogens with zero attached hydrogens (tertiary/aromatic N) is 1. The fourth-order valence-electron chi connectivity index (χ4n) is 2.28. The van der Waals surface area contributed by atoms with Gasteiger partial charge in [-0.1, -0.05) is 12.1 Å². The molecule has 0 bridgehead atoms. The van der Waals surface area contributed by atoms with Crippen LogP contribution in [-0.4, -0.2) is 18.2 Å². The number of nitrogens with two attached hydrogens (primary N) is 1. The summed E-state index contributed by atoms with van der Waals surface area (Å²) in [5.74, 6) is 0.0495. The lowest BCUT2D eigenvalue weighted by molar-refractivity contribution is -0.0489. The van der Waals surface area contributed by atoms with Crippen LogP contribution in [0, 0.1) is 0 Å². The summed E-state index contributed by atoms with van der Waals surface area (Å²) in [4.78, 5) is 4.41. The molecular weight excluding hydrogens is 254 g/mol. The molecular formula is C13H12F2N2O2. The summed E-state index contributed by atoms with van der Waals surface area (Å²) in [6.07, 6.45) is 0.623. The SMILES string of the molecule is Nc1c2c(nc3c(OC(F)F)cccc13)CCOC2. The van der Waals surface area contributed by atoms with Gasteiger partial charge in [0.2, 0.25) is 0 Å². The summed E-state index contributed by atoms with van der Waals surface area (Å²) in [5.41, 5.74) is 8.61. The Kier molecular flexibility index (Phi) is 2.94. The highest BCUT2D eigenvalue weighted by Gasteiger charge is 2.19. The van der Waals surface area contributed by atoms with E-state index in [9.17, 15) is 8.78 Å². The van der Waals surface area contributed by atoms with Gasteiger partial charge in [0.25, 0.3) is 0 Å². The van der Waals surface area contributed by atoms with Crippen LogP contribution in [0.2, 0.25) is 0 Å². The minimum absolute atomic E-state index is 0.0495. The van der Waals surface area contributed by atoms with E-state index in [0.717, 1.165) is 11.3 Å². The summed E-state index contributed by atoms with van der Waals surface area (Å²) in [7, 11) is 0. The third-order valence-corrected chi connectivity index (χ3v) is 3.16. The first-order chi connectivity index (χ1) is 9.16. The summed E-state index contributed by atoms with van der Waals surface area (Å²) >= 11 is 0. The third-order valence-electron chi connectivity index (χ3n) is 3.16. The molecule has 0 spiro atoms. The van der Waals surface area contributed by atoms with E-state index in [-0.39, 0.29) is 5.75 Å². The fourth-order valence-corrected chi connectivity index (χ4v) is 2.28. The van der Waals surface area contributed by atoms with Gasteiger partial charge in [0.15, 0.2) is 5.75 Å². The first-order valence-electron chi connectivity index (χ1n) is 5.89. The molecule has 0 aliphatic carbocycles. The number of hydrogen-bond donors (Lipinski definition) is 1. The van der Waals surface area contributed by atoms with Crippen LogP contribution >= 0.6 is 0 Å². The molecule has 0 fully saturated rings. The summed E-state index contributed by atoms with van der Waals surface area (Å²) < 4.78 is 34.6. The normalized spacial score (nSPS) is 14.7. The monoisotopic (exact) mass is 266 g/mol. The van der Waals surface area contributed by atoms with Crippen LogP contribution in [0.4, 0.5) is 14.5 Å². The van der Waals surface area contributed by atoms with E-state index < -0.39 is 6.61 Å². The molecule has 1 aliphatic rings. The average molecular weight is 266 g/mol. The number of para-hydroxylation sites is 1. The second kappa shape index (κ2) is 4.62. The number of aromatic nitrogens is 1. The zero-order valence-corrected chi connectivity index (χ0v) is 10.0. The minimum atomic E-state index is -2.88. The molecule has 3 rings (SSSR count). The molecule has 1 aromatic heterocycles. The number of benzene rings is 1. The molecule has 1 aliphatic heterocycles. The Labute approximate surface area is 108 Å². The molecule has 100 valence electrons. The van der Waals surface area contributed by atoms with E-state index in [4.69, 9.17) is 10.5 Å². The zero-order chi connectivity index (χ0) is 13.4. The summed E-state index contributed by atoms with van der Waals surface area (Å²) in [5, 5.41) is 0.613. The van der Waals surface area contributed by atoms with Gasteiger partial charge in [0.05, 0.1) is 18.9 Å². The van der Waals surface area contributed by atoms with Crippen LogP contribution < -0.4 is 10.5 Å². The van der Waals surface area contributed by atoms with Crippen LogP contribution in [0.25, 0.3) is 10.9 Å². The summed E-state index contributed by atoms with van der Waals surface area (Å²) in [6, 6.07) is 4.83. The van der Waals surface area contributed by atoms with Crippen molar-refractivity contribution in [3.63, 3.8) is 0 Å². The van der Waals surface area contributed by atoms with Crippen molar-refractivity contribution in [2.45, 2.75) is 19.6 Å². The van der Waals surface area contributed by atoms with Gasteiger partial charge in [-0.25, -0.2) is 4.98 Å². The van der Waals surface area contributed by atoms with E-state index in [1.54, 1.807) is 12.1 Å². The Hall–Kier alpha value is -1.95. The van der Waals surface area contributed by atoms with Crippen LogP contribution in [0.3, 0.4) is 0 Å². The number of pyridine rings is 1. The number of ether oxygens (including phenoxy) is 2. The molecule has 19 heavy (non-hydrogen) atoms. The van der Waals surface area contributed by atoms with Crippen molar-refractivity contribution in [3.8, 4) is 5.75 Å². The molecule has 6 heteroatoms. The number of anilines is 1. The predicted molar refractivity (Wildman–Crippen MR) is 66.1 cm³/mol. The first-order valence-corrected chi connectivity index (χ1v) is 5.89. The van der Waals surface area contributed by atoms with Crippen molar-refractivity contribution in [1.82, 2.24) is 4.98 Å². The van der Waals surface area contributed by atoms with Crippen molar-refractivity contribution in [2.24, 2.45) is 0 Å². The van der Waals surface area contributed by atoms with E-state index in [2.05, 4.69) is 9.72 Å². The largest absolute Gasteiger partial charge is 0.432 e. The summed E-state index contributed by atoms with van der Waals surface area (Å²) in [6.45, 7) is -1.92. The maximum atomic E-state index is 12.4. The molecule has 0 atom stereocenters. The number of alkyl halides is 2. The van der Waals surface area contributed by atoms with Gasteiger partial charge in [-0.05, 0) is 6.07 Å². The van der Waals surface area contributed by atoms with Gasteiger partial charge in [-0.3, -0.25) is 0 Å². The Balaban J connectivity index is 2.23. The van der Waals surface area contributed by atoms with Gasteiger partial charge < -0.3 is 15.2 Å². The zero-order valence-electron chi connectivity index (χ0n) is 10.0. The Morgan fingerprint density at radius 1 is 1.37 bits per heavy atom.